The summed E-state index contributed by atoms with van der Waals surface area (Å²) in [6.45, 7) is 5.26. The predicted molar refractivity (Wildman–Crippen MR) is 76.1 cm³/mol. The highest BCUT2D eigenvalue weighted by atomic mass is 19.1. The van der Waals surface area contributed by atoms with Crippen molar-refractivity contribution in [2.45, 2.75) is 26.7 Å². The van der Waals surface area contributed by atoms with Crippen LogP contribution >= 0.6 is 0 Å². The van der Waals surface area contributed by atoms with Crippen LogP contribution in [-0.2, 0) is 0 Å². The fourth-order valence-corrected chi connectivity index (χ4v) is 1.85. The van der Waals surface area contributed by atoms with Crippen LogP contribution in [-0.4, -0.2) is 29.9 Å². The molecule has 0 heterocycles. The second-order valence-electron chi connectivity index (χ2n) is 4.48. The van der Waals surface area contributed by atoms with Crippen molar-refractivity contribution in [3.8, 4) is 0 Å². The molecule has 0 aliphatic rings. The molecule has 1 aromatic rings. The van der Waals surface area contributed by atoms with Crippen molar-refractivity contribution in [1.82, 2.24) is 4.90 Å². The van der Waals surface area contributed by atoms with E-state index in [-0.39, 0.29) is 11.6 Å². The van der Waals surface area contributed by atoms with E-state index in [4.69, 9.17) is 5.73 Å². The third kappa shape index (κ3) is 4.22. The summed E-state index contributed by atoms with van der Waals surface area (Å²) < 4.78 is 13.3. The molecule has 3 amide bonds. The summed E-state index contributed by atoms with van der Waals surface area (Å²) in [6, 6.07) is 3.48. The average molecular weight is 281 g/mol. The van der Waals surface area contributed by atoms with Crippen LogP contribution in [0.1, 0.15) is 37.0 Å². The van der Waals surface area contributed by atoms with Crippen LogP contribution in [0, 0.1) is 5.82 Å². The maximum Gasteiger partial charge on any atom is 0.321 e. The van der Waals surface area contributed by atoms with E-state index in [2.05, 4.69) is 5.32 Å². The first kappa shape index (κ1) is 15.9. The number of primary amides is 1. The van der Waals surface area contributed by atoms with Gasteiger partial charge in [0.15, 0.2) is 0 Å². The van der Waals surface area contributed by atoms with E-state index in [1.54, 1.807) is 4.90 Å². The van der Waals surface area contributed by atoms with Crippen molar-refractivity contribution in [1.29, 1.82) is 0 Å². The summed E-state index contributed by atoms with van der Waals surface area (Å²) >= 11 is 0. The molecule has 5 nitrogen and oxygen atoms in total. The Balaban J connectivity index is 2.84. The lowest BCUT2D eigenvalue weighted by Gasteiger charge is -2.22. The van der Waals surface area contributed by atoms with Crippen molar-refractivity contribution >= 4 is 17.6 Å². The molecule has 110 valence electrons. The van der Waals surface area contributed by atoms with Crippen molar-refractivity contribution < 1.29 is 14.0 Å². The molecule has 0 aliphatic heterocycles. The molecule has 0 unspecified atom stereocenters. The maximum absolute atomic E-state index is 13.3. The number of nitrogens with two attached hydrogens (primary N) is 1. The smallest absolute Gasteiger partial charge is 0.321 e. The van der Waals surface area contributed by atoms with Crippen molar-refractivity contribution in [2.24, 2.45) is 5.73 Å². The summed E-state index contributed by atoms with van der Waals surface area (Å²) in [5.41, 5.74) is 5.18. The molecule has 0 aliphatic carbocycles. The Bertz CT molecular complexity index is 485. The molecule has 0 atom stereocenters. The number of carbonyl (C=O) groups excluding carboxylic acids is 2. The van der Waals surface area contributed by atoms with Crippen molar-refractivity contribution in [3.63, 3.8) is 0 Å². The van der Waals surface area contributed by atoms with Gasteiger partial charge in [-0.3, -0.25) is 4.79 Å². The van der Waals surface area contributed by atoms with E-state index in [0.717, 1.165) is 18.9 Å². The van der Waals surface area contributed by atoms with Gasteiger partial charge in [0.05, 0.1) is 5.56 Å². The SMILES string of the molecule is CCCN(CCC)C(=O)Nc1ccc(F)c(C(N)=O)c1. The number of nitrogens with one attached hydrogen (secondary N) is 1. The van der Waals surface area contributed by atoms with Gasteiger partial charge in [-0.15, -0.1) is 0 Å². The lowest BCUT2D eigenvalue weighted by Crippen LogP contribution is -2.36. The van der Waals surface area contributed by atoms with Crippen LogP contribution in [0.2, 0.25) is 0 Å². The van der Waals surface area contributed by atoms with Gasteiger partial charge in [-0.2, -0.15) is 0 Å². The average Bonchev–Trinajstić information content (AvgIpc) is 2.40. The van der Waals surface area contributed by atoms with Gasteiger partial charge in [0.2, 0.25) is 0 Å². The number of halogens is 1. The minimum atomic E-state index is -0.863. The number of anilines is 1. The summed E-state index contributed by atoms with van der Waals surface area (Å²) in [5, 5.41) is 2.65. The molecule has 0 saturated carbocycles. The van der Waals surface area contributed by atoms with Crippen LogP contribution in [0.15, 0.2) is 18.2 Å². The van der Waals surface area contributed by atoms with E-state index in [0.29, 0.717) is 18.8 Å². The van der Waals surface area contributed by atoms with E-state index >= 15 is 0 Å². The molecule has 0 aromatic heterocycles. The quantitative estimate of drug-likeness (QED) is 0.841. The molecule has 0 fully saturated rings. The van der Waals surface area contributed by atoms with Gasteiger partial charge in [-0.05, 0) is 31.0 Å². The van der Waals surface area contributed by atoms with E-state index in [1.807, 2.05) is 13.8 Å². The van der Waals surface area contributed by atoms with Crippen LogP contribution < -0.4 is 11.1 Å². The van der Waals surface area contributed by atoms with Crippen molar-refractivity contribution in [3.05, 3.63) is 29.6 Å². The number of rotatable bonds is 6. The Morgan fingerprint density at radius 3 is 2.35 bits per heavy atom. The van der Waals surface area contributed by atoms with Gasteiger partial charge < -0.3 is 16.0 Å². The molecule has 3 N–H and O–H groups in total. The molecule has 0 bridgehead atoms. The Hall–Kier alpha value is -2.11. The molecular weight excluding hydrogens is 261 g/mol. The zero-order valence-electron chi connectivity index (χ0n) is 11.8. The van der Waals surface area contributed by atoms with Crippen LogP contribution in [0.4, 0.5) is 14.9 Å². The second-order valence-corrected chi connectivity index (χ2v) is 4.48. The highest BCUT2D eigenvalue weighted by molar-refractivity contribution is 5.96. The van der Waals surface area contributed by atoms with Gasteiger partial charge in [0.1, 0.15) is 5.82 Å². The molecule has 1 aromatic carbocycles. The predicted octanol–water partition coefficient (Wildman–Crippen LogP) is 2.58. The molecule has 0 radical (unpaired) electrons. The number of hydrogen-bond acceptors (Lipinski definition) is 2. The first-order valence-corrected chi connectivity index (χ1v) is 6.64. The van der Waals surface area contributed by atoms with Crippen LogP contribution in [0.5, 0.6) is 0 Å². The minimum Gasteiger partial charge on any atom is -0.366 e. The molecule has 0 saturated heterocycles. The van der Waals surface area contributed by atoms with Crippen LogP contribution in [0.25, 0.3) is 0 Å². The van der Waals surface area contributed by atoms with E-state index < -0.39 is 11.7 Å². The standard InChI is InChI=1S/C14H20FN3O2/c1-3-7-18(8-4-2)14(20)17-10-5-6-12(15)11(9-10)13(16)19/h5-6,9H,3-4,7-8H2,1-2H3,(H2,16,19)(H,17,20). The fraction of sp³-hybridized carbons (Fsp3) is 0.429. The van der Waals surface area contributed by atoms with Crippen LogP contribution in [0.3, 0.4) is 0 Å². The van der Waals surface area contributed by atoms with Gasteiger partial charge in [0, 0.05) is 18.8 Å². The number of carbonyl (C=O) groups is 2. The zero-order valence-corrected chi connectivity index (χ0v) is 11.8. The normalized spacial score (nSPS) is 10.2. The maximum atomic E-state index is 13.3. The lowest BCUT2D eigenvalue weighted by atomic mass is 10.2. The summed E-state index contributed by atoms with van der Waals surface area (Å²) in [5.74, 6) is -1.56. The highest BCUT2D eigenvalue weighted by Gasteiger charge is 2.14. The fourth-order valence-electron chi connectivity index (χ4n) is 1.85. The lowest BCUT2D eigenvalue weighted by molar-refractivity contribution is 0.0996. The third-order valence-electron chi connectivity index (χ3n) is 2.76. The largest absolute Gasteiger partial charge is 0.366 e. The molecule has 0 spiro atoms. The van der Waals surface area contributed by atoms with E-state index in [9.17, 15) is 14.0 Å². The molecule has 20 heavy (non-hydrogen) atoms. The van der Waals surface area contributed by atoms with Gasteiger partial charge >= 0.3 is 6.03 Å². The number of amides is 3. The molecule has 1 rings (SSSR count). The summed E-state index contributed by atoms with van der Waals surface area (Å²) in [4.78, 5) is 24.8. The number of benzene rings is 1. The first-order valence-electron chi connectivity index (χ1n) is 6.64. The zero-order chi connectivity index (χ0) is 15.1. The number of urea groups is 1. The Morgan fingerprint density at radius 1 is 1.25 bits per heavy atom. The molecule has 6 heteroatoms. The van der Waals surface area contributed by atoms with Gasteiger partial charge in [-0.25, -0.2) is 9.18 Å². The monoisotopic (exact) mass is 281 g/mol. The van der Waals surface area contributed by atoms with E-state index in [1.165, 1.54) is 12.1 Å². The Labute approximate surface area is 117 Å². The summed E-state index contributed by atoms with van der Waals surface area (Å²) in [6.07, 6.45) is 1.70. The van der Waals surface area contributed by atoms with Crippen molar-refractivity contribution in [2.75, 3.05) is 18.4 Å². The topological polar surface area (TPSA) is 75.4 Å². The minimum absolute atomic E-state index is 0.236. The second kappa shape index (κ2) is 7.47. The number of nitrogens with zero attached hydrogens (tertiary/aromatic N) is 1. The third-order valence-corrected chi connectivity index (χ3v) is 2.76. The first-order chi connectivity index (χ1) is 9.49. The Morgan fingerprint density at radius 2 is 1.85 bits per heavy atom. The molecular formula is C14H20FN3O2. The Kier molecular flexibility index (Phi) is 5.96. The summed E-state index contributed by atoms with van der Waals surface area (Å²) in [7, 11) is 0. The number of hydrogen-bond donors (Lipinski definition) is 2. The highest BCUT2D eigenvalue weighted by Crippen LogP contribution is 2.15. The van der Waals surface area contributed by atoms with Gasteiger partial charge in [0.25, 0.3) is 5.91 Å². The van der Waals surface area contributed by atoms with Gasteiger partial charge in [-0.1, -0.05) is 13.8 Å².